The first kappa shape index (κ1) is 25.9. The van der Waals surface area contributed by atoms with Gasteiger partial charge in [0.25, 0.3) is 11.8 Å². The number of hydroxylamine groups is 1. The van der Waals surface area contributed by atoms with Crippen molar-refractivity contribution in [2.45, 2.75) is 52.2 Å². The zero-order chi connectivity index (χ0) is 25.9. The summed E-state index contributed by atoms with van der Waals surface area (Å²) in [6.45, 7) is 8.02. The first-order valence-corrected chi connectivity index (χ1v) is 12.6. The molecule has 2 aromatic rings. The summed E-state index contributed by atoms with van der Waals surface area (Å²) in [5, 5.41) is 15.0. The molecule has 0 spiro atoms. The van der Waals surface area contributed by atoms with Crippen LogP contribution in [0.4, 0.5) is 0 Å². The van der Waals surface area contributed by atoms with Gasteiger partial charge in [-0.2, -0.15) is 0 Å². The molecule has 190 valence electrons. The number of rotatable bonds is 7. The molecule has 0 radical (unpaired) electrons. The number of benzene rings is 2. The van der Waals surface area contributed by atoms with E-state index in [0.717, 1.165) is 35.4 Å². The minimum atomic E-state index is -1.01. The molecule has 3 fully saturated rings. The molecule has 2 bridgehead atoms. The summed E-state index contributed by atoms with van der Waals surface area (Å²) in [6.07, 6.45) is 2.67. The van der Waals surface area contributed by atoms with E-state index in [4.69, 9.17) is 10.9 Å². The molecule has 3 aliphatic carbocycles. The van der Waals surface area contributed by atoms with Crippen LogP contribution in [0.3, 0.4) is 0 Å². The molecule has 7 nitrogen and oxygen atoms in total. The minimum absolute atomic E-state index is 0.129. The predicted molar refractivity (Wildman–Crippen MR) is 139 cm³/mol. The Bertz CT molecular complexity index is 1150. The highest BCUT2D eigenvalue weighted by atomic mass is 16.5. The summed E-state index contributed by atoms with van der Waals surface area (Å²) >= 11 is 0. The molecule has 2 amide bonds. The van der Waals surface area contributed by atoms with Crippen molar-refractivity contribution in [3.05, 3.63) is 70.8 Å². The smallest absolute Gasteiger partial charge is 0.267 e. The van der Waals surface area contributed by atoms with Gasteiger partial charge in [0.2, 0.25) is 0 Å². The van der Waals surface area contributed by atoms with E-state index >= 15 is 0 Å². The van der Waals surface area contributed by atoms with Crippen LogP contribution in [0.1, 0.15) is 60.7 Å². The largest absolute Gasteiger partial charge is 0.339 e. The fraction of sp³-hybridized carbons (Fsp3) is 0.448. The molecule has 0 aromatic heterocycles. The van der Waals surface area contributed by atoms with Gasteiger partial charge < -0.3 is 16.4 Å². The Kier molecular flexibility index (Phi) is 7.79. The van der Waals surface area contributed by atoms with Crippen molar-refractivity contribution >= 4 is 11.8 Å². The number of hydrogen-bond donors (Lipinski definition) is 5. The van der Waals surface area contributed by atoms with Gasteiger partial charge in [-0.1, -0.05) is 44.7 Å². The topological polar surface area (TPSA) is 116 Å². The van der Waals surface area contributed by atoms with Gasteiger partial charge in [-0.25, -0.2) is 5.48 Å². The minimum Gasteiger partial charge on any atom is -0.339 e. The maximum Gasteiger partial charge on any atom is 0.267 e. The molecular weight excluding hydrogens is 452 g/mol. The van der Waals surface area contributed by atoms with Crippen LogP contribution in [0, 0.1) is 35.0 Å². The van der Waals surface area contributed by atoms with Crippen LogP contribution in [0.15, 0.2) is 48.5 Å². The SMILES string of the molecule is C[C@@H]1[C@@H](NCc2ccc(C#Cc3ccc(C(=O)N[C@@H](CN)C(=O)NO)cc3)cc2)CC2C[C@@H]1C2(C)C. The molecule has 0 saturated heterocycles. The van der Waals surface area contributed by atoms with Gasteiger partial charge in [-0.05, 0) is 78.0 Å². The molecule has 5 atom stereocenters. The third kappa shape index (κ3) is 5.46. The van der Waals surface area contributed by atoms with E-state index in [2.05, 4.69) is 55.4 Å². The number of hydrogen-bond acceptors (Lipinski definition) is 5. The highest BCUT2D eigenvalue weighted by Gasteiger charge is 2.55. The van der Waals surface area contributed by atoms with Crippen LogP contribution in [0.25, 0.3) is 0 Å². The van der Waals surface area contributed by atoms with Crippen LogP contribution in [0.5, 0.6) is 0 Å². The fourth-order valence-electron chi connectivity index (χ4n) is 5.77. The van der Waals surface area contributed by atoms with Crippen molar-refractivity contribution < 1.29 is 14.8 Å². The van der Waals surface area contributed by atoms with Crippen molar-refractivity contribution in [2.24, 2.45) is 28.9 Å². The number of carbonyl (C=O) groups is 2. The first-order valence-electron chi connectivity index (χ1n) is 12.6. The summed E-state index contributed by atoms with van der Waals surface area (Å²) in [7, 11) is 0. The summed E-state index contributed by atoms with van der Waals surface area (Å²) in [6, 6.07) is 14.7. The standard InChI is InChI=1S/C29H36N4O3/c1-18-24-14-23(29(24,2)3)15-25(18)31-17-21-8-6-19(7-9-21)4-5-20-10-12-22(13-11-20)27(34)32-26(16-30)28(35)33-36/h6-13,18,23-26,31,36H,14-17,30H2,1-3H3,(H,32,34)(H,33,35)/t18-,23?,24-,25-,26-/m0/s1. The monoisotopic (exact) mass is 488 g/mol. The predicted octanol–water partition coefficient (Wildman–Crippen LogP) is 2.81. The van der Waals surface area contributed by atoms with E-state index in [1.54, 1.807) is 24.3 Å². The lowest BCUT2D eigenvalue weighted by atomic mass is 9.45. The molecule has 0 heterocycles. The van der Waals surface area contributed by atoms with Crippen molar-refractivity contribution in [1.82, 2.24) is 16.1 Å². The van der Waals surface area contributed by atoms with E-state index in [-0.39, 0.29) is 6.54 Å². The first-order chi connectivity index (χ1) is 17.2. The summed E-state index contributed by atoms with van der Waals surface area (Å²) in [5.74, 6) is 7.47. The second kappa shape index (κ2) is 10.8. The van der Waals surface area contributed by atoms with Crippen molar-refractivity contribution in [1.29, 1.82) is 0 Å². The van der Waals surface area contributed by atoms with E-state index < -0.39 is 17.9 Å². The van der Waals surface area contributed by atoms with E-state index in [9.17, 15) is 9.59 Å². The Labute approximate surface area is 213 Å². The van der Waals surface area contributed by atoms with Crippen LogP contribution >= 0.6 is 0 Å². The van der Waals surface area contributed by atoms with Gasteiger partial charge >= 0.3 is 0 Å². The molecular formula is C29H36N4O3. The highest BCUT2D eigenvalue weighted by molar-refractivity contribution is 5.97. The van der Waals surface area contributed by atoms with E-state index in [1.165, 1.54) is 23.9 Å². The lowest BCUT2D eigenvalue weighted by Gasteiger charge is -2.62. The van der Waals surface area contributed by atoms with Crippen LogP contribution in [-0.2, 0) is 11.3 Å². The van der Waals surface area contributed by atoms with Gasteiger partial charge in [0.1, 0.15) is 6.04 Å². The number of nitrogens with one attached hydrogen (secondary N) is 3. The van der Waals surface area contributed by atoms with E-state index in [1.807, 2.05) is 12.1 Å². The zero-order valence-electron chi connectivity index (χ0n) is 21.2. The Hall–Kier alpha value is -3.18. The number of nitrogens with two attached hydrogens (primary N) is 1. The van der Waals surface area contributed by atoms with Gasteiger partial charge in [0.05, 0.1) is 0 Å². The molecule has 3 saturated carbocycles. The Morgan fingerprint density at radius 3 is 2.19 bits per heavy atom. The normalized spacial score (nSPS) is 24.5. The summed E-state index contributed by atoms with van der Waals surface area (Å²) in [4.78, 5) is 23.8. The van der Waals surface area contributed by atoms with Crippen LogP contribution in [-0.4, -0.2) is 35.7 Å². The number of carbonyl (C=O) groups excluding carboxylic acids is 2. The fourth-order valence-corrected chi connectivity index (χ4v) is 5.77. The van der Waals surface area contributed by atoms with Crippen LogP contribution in [0.2, 0.25) is 0 Å². The van der Waals surface area contributed by atoms with Crippen molar-refractivity contribution in [3.8, 4) is 11.8 Å². The molecule has 1 unspecified atom stereocenters. The average molecular weight is 489 g/mol. The maximum absolute atomic E-state index is 12.3. The summed E-state index contributed by atoms with van der Waals surface area (Å²) in [5.41, 5.74) is 10.8. The number of amides is 2. The lowest BCUT2D eigenvalue weighted by Crippen LogP contribution is -2.59. The molecule has 7 heteroatoms. The number of fused-ring (bicyclic) bond motifs is 2. The molecule has 3 aliphatic rings. The second-order valence-corrected chi connectivity index (χ2v) is 10.7. The maximum atomic E-state index is 12.3. The second-order valence-electron chi connectivity index (χ2n) is 10.7. The third-order valence-corrected chi connectivity index (χ3v) is 8.34. The molecule has 2 aromatic carbocycles. The van der Waals surface area contributed by atoms with Gasteiger partial charge in [-0.3, -0.25) is 14.8 Å². The Balaban J connectivity index is 1.29. The lowest BCUT2D eigenvalue weighted by molar-refractivity contribution is -0.130. The quantitative estimate of drug-likeness (QED) is 0.233. The summed E-state index contributed by atoms with van der Waals surface area (Å²) < 4.78 is 0. The van der Waals surface area contributed by atoms with Crippen LogP contribution < -0.4 is 21.8 Å². The third-order valence-electron chi connectivity index (χ3n) is 8.34. The Morgan fingerprint density at radius 2 is 1.67 bits per heavy atom. The van der Waals surface area contributed by atoms with Crippen molar-refractivity contribution in [2.75, 3.05) is 6.54 Å². The Morgan fingerprint density at radius 1 is 1.06 bits per heavy atom. The molecule has 5 rings (SSSR count). The van der Waals surface area contributed by atoms with E-state index in [0.29, 0.717) is 17.0 Å². The molecule has 6 N–H and O–H groups in total. The average Bonchev–Trinajstić information content (AvgIpc) is 2.89. The van der Waals surface area contributed by atoms with Gasteiger partial charge in [0, 0.05) is 35.8 Å². The molecule has 0 aliphatic heterocycles. The van der Waals surface area contributed by atoms with Crippen molar-refractivity contribution in [3.63, 3.8) is 0 Å². The highest BCUT2D eigenvalue weighted by Crippen LogP contribution is 2.61. The molecule has 36 heavy (non-hydrogen) atoms. The van der Waals surface area contributed by atoms with Gasteiger partial charge in [-0.15, -0.1) is 0 Å². The zero-order valence-corrected chi connectivity index (χ0v) is 21.2. The van der Waals surface area contributed by atoms with Gasteiger partial charge in [0.15, 0.2) is 0 Å².